The number of halogens is 3. The molecule has 8 aromatic rings. The van der Waals surface area contributed by atoms with Gasteiger partial charge in [0.15, 0.2) is 17.5 Å². The molecule has 9 heterocycles. The minimum Gasteiger partial charge on any atom is -0.399 e. The van der Waals surface area contributed by atoms with E-state index >= 15 is 8.78 Å². The zero-order valence-corrected chi connectivity index (χ0v) is 39.5. The lowest BCUT2D eigenvalue weighted by molar-refractivity contribution is 0.00578. The molecule has 3 aliphatic rings. The highest BCUT2D eigenvalue weighted by molar-refractivity contribution is 9.10. The summed E-state index contributed by atoms with van der Waals surface area (Å²) in [6.07, 6.45) is 7.27. The van der Waals surface area contributed by atoms with Crippen LogP contribution in [-0.2, 0) is 20.4 Å². The molecule has 0 saturated carbocycles. The van der Waals surface area contributed by atoms with Gasteiger partial charge in [-0.2, -0.15) is 10.2 Å². The highest BCUT2D eigenvalue weighted by Crippen LogP contribution is 2.44. The van der Waals surface area contributed by atoms with Gasteiger partial charge in [-0.3, -0.25) is 9.13 Å². The van der Waals surface area contributed by atoms with E-state index in [1.807, 2.05) is 153 Å². The third-order valence-corrected chi connectivity index (χ3v) is 13.3. The van der Waals surface area contributed by atoms with Crippen molar-refractivity contribution in [3.63, 3.8) is 0 Å². The third kappa shape index (κ3) is 6.88. The molecule has 2 aromatic carbocycles. The molecular formula is C46H50BBrF2N12O2. The number of hydrogen-bond acceptors (Lipinski definition) is 10. The molecule has 0 amide bonds. The van der Waals surface area contributed by atoms with Crippen molar-refractivity contribution < 1.29 is 18.1 Å². The van der Waals surface area contributed by atoms with Crippen molar-refractivity contribution in [2.75, 3.05) is 10.6 Å². The van der Waals surface area contributed by atoms with Crippen LogP contribution in [0.15, 0.2) is 77.8 Å². The molecule has 6 aromatic heterocycles. The van der Waals surface area contributed by atoms with Gasteiger partial charge in [0.1, 0.15) is 28.8 Å². The van der Waals surface area contributed by atoms with Crippen LogP contribution in [0.4, 0.5) is 20.2 Å². The zero-order chi connectivity index (χ0) is 45.8. The highest BCUT2D eigenvalue weighted by atomic mass is 79.9. The van der Waals surface area contributed by atoms with Crippen LogP contribution in [0.1, 0.15) is 89.8 Å². The van der Waals surface area contributed by atoms with Crippen LogP contribution in [0.2, 0.25) is 0 Å². The summed E-state index contributed by atoms with van der Waals surface area (Å²) < 4.78 is 52.2. The number of aryl methyl sites for hydroxylation is 4. The van der Waals surface area contributed by atoms with Crippen molar-refractivity contribution >= 4 is 50.9 Å². The molecule has 1 saturated heterocycles. The van der Waals surface area contributed by atoms with Crippen LogP contribution in [0, 0.1) is 39.3 Å². The van der Waals surface area contributed by atoms with Crippen molar-refractivity contribution in [3.05, 3.63) is 124 Å². The quantitative estimate of drug-likeness (QED) is 0.162. The number of nitrogens with one attached hydrogen (secondary N) is 2. The van der Waals surface area contributed by atoms with Gasteiger partial charge in [-0.25, -0.2) is 17.8 Å². The Morgan fingerprint density at radius 1 is 0.609 bits per heavy atom. The minimum absolute atomic E-state index is 0.294. The van der Waals surface area contributed by atoms with E-state index in [1.165, 1.54) is 0 Å². The van der Waals surface area contributed by atoms with E-state index in [2.05, 4.69) is 57.2 Å². The maximum Gasteiger partial charge on any atom is 0.497 e. The van der Waals surface area contributed by atoms with E-state index in [0.717, 1.165) is 43.6 Å². The molecule has 0 radical (unpaired) electrons. The maximum absolute atomic E-state index is 15.9. The third-order valence-electron chi connectivity index (χ3n) is 12.6. The first-order valence-electron chi connectivity index (χ1n) is 21.1. The second kappa shape index (κ2) is 15.1. The van der Waals surface area contributed by atoms with E-state index < -0.39 is 29.4 Å². The van der Waals surface area contributed by atoms with Gasteiger partial charge in [-0.1, -0.05) is 12.1 Å². The van der Waals surface area contributed by atoms with E-state index in [4.69, 9.17) is 9.31 Å². The predicted molar refractivity (Wildman–Crippen MR) is 248 cm³/mol. The van der Waals surface area contributed by atoms with Gasteiger partial charge in [-0.15, -0.1) is 20.4 Å². The second-order valence-corrected chi connectivity index (χ2v) is 19.5. The average molecular weight is 932 g/mol. The van der Waals surface area contributed by atoms with Crippen LogP contribution in [-0.4, -0.2) is 67.1 Å². The number of aromatic nitrogens is 10. The Kier molecular flexibility index (Phi) is 10.2. The first-order chi connectivity index (χ1) is 30.1. The number of hydrogen-bond donors (Lipinski definition) is 2. The smallest absolute Gasteiger partial charge is 0.399 e. The molecule has 11 rings (SSSR count). The minimum atomic E-state index is -0.769. The number of fused-ring (bicyclic) bond motifs is 8. The molecule has 18 heteroatoms. The van der Waals surface area contributed by atoms with Crippen LogP contribution in [0.25, 0.3) is 33.5 Å². The summed E-state index contributed by atoms with van der Waals surface area (Å²) in [7, 11) is -0.769. The molecule has 1 fully saturated rings. The standard InChI is InChI=1S/C20H19FN6.C19H26BFN4O2.C7H5BrN2/c1-11-10-14(13-6-5-9-26-15(13)7-8-22-26)16(21)18-17(11)23-20(3,4)19-25-24-12(2)27(18)19;1-10-9-12(20-26-18(5,6)19(7,8)27-20)13(21)15-14(10)22-17(3,4)16-24-23-11(2)25(15)16;8-6-2-1-5-10-7(6)3-4-9-10/h5-10,23H,1-4H3;9,22H,1-8H3;1-5H. The Bertz CT molecular complexity index is 3130. The number of pyridine rings is 2. The van der Waals surface area contributed by atoms with Crippen molar-refractivity contribution in [2.45, 2.75) is 105 Å². The monoisotopic (exact) mass is 930 g/mol. The van der Waals surface area contributed by atoms with Gasteiger partial charge < -0.3 is 19.9 Å². The summed E-state index contributed by atoms with van der Waals surface area (Å²) >= 11 is 3.42. The first-order valence-corrected chi connectivity index (χ1v) is 21.9. The molecule has 3 aliphatic heterocycles. The van der Waals surface area contributed by atoms with E-state index in [-0.39, 0.29) is 11.6 Å². The number of anilines is 2. The zero-order valence-electron chi connectivity index (χ0n) is 37.9. The lowest BCUT2D eigenvalue weighted by Gasteiger charge is -2.35. The van der Waals surface area contributed by atoms with Crippen molar-refractivity contribution in [3.8, 4) is 22.5 Å². The van der Waals surface area contributed by atoms with Crippen LogP contribution in [0.3, 0.4) is 0 Å². The summed E-state index contributed by atoms with van der Waals surface area (Å²) in [5.74, 6) is 2.02. The highest BCUT2D eigenvalue weighted by Gasteiger charge is 2.53. The summed E-state index contributed by atoms with van der Waals surface area (Å²) in [6, 6.07) is 15.3. The Hall–Kier alpha value is -5.98. The lowest BCUT2D eigenvalue weighted by atomic mass is 9.76. The van der Waals surface area contributed by atoms with Gasteiger partial charge >= 0.3 is 7.12 Å². The molecule has 0 spiro atoms. The van der Waals surface area contributed by atoms with Crippen LogP contribution < -0.4 is 16.1 Å². The predicted octanol–water partition coefficient (Wildman–Crippen LogP) is 9.08. The molecular weight excluding hydrogens is 881 g/mol. The van der Waals surface area contributed by atoms with E-state index in [0.29, 0.717) is 45.7 Å². The molecule has 64 heavy (non-hydrogen) atoms. The van der Waals surface area contributed by atoms with Gasteiger partial charge in [0, 0.05) is 39.7 Å². The fourth-order valence-electron chi connectivity index (χ4n) is 8.55. The molecule has 0 unspecified atom stereocenters. The Morgan fingerprint density at radius 3 is 1.64 bits per heavy atom. The molecule has 2 N–H and O–H groups in total. The Labute approximate surface area is 378 Å². The van der Waals surface area contributed by atoms with E-state index in [9.17, 15) is 0 Å². The van der Waals surface area contributed by atoms with Gasteiger partial charge in [-0.05, 0) is 147 Å². The average Bonchev–Trinajstić information content (AvgIpc) is 4.07. The number of rotatable bonds is 2. The molecule has 14 nitrogen and oxygen atoms in total. The largest absolute Gasteiger partial charge is 0.497 e. The van der Waals surface area contributed by atoms with Crippen molar-refractivity contribution in [2.24, 2.45) is 0 Å². The molecule has 0 atom stereocenters. The molecule has 0 aliphatic carbocycles. The Morgan fingerprint density at radius 2 is 1.09 bits per heavy atom. The molecule has 330 valence electrons. The summed E-state index contributed by atoms with van der Waals surface area (Å²) in [5.41, 5.74) is 6.03. The second-order valence-electron chi connectivity index (χ2n) is 18.6. The maximum atomic E-state index is 15.9. The normalized spacial score (nSPS) is 17.0. The van der Waals surface area contributed by atoms with E-state index in [1.54, 1.807) is 21.5 Å². The van der Waals surface area contributed by atoms with Crippen LogP contribution >= 0.6 is 15.9 Å². The van der Waals surface area contributed by atoms with Gasteiger partial charge in [0.05, 0.1) is 50.9 Å². The summed E-state index contributed by atoms with van der Waals surface area (Å²) in [5, 5.41) is 32.1. The lowest BCUT2D eigenvalue weighted by Crippen LogP contribution is -2.41. The summed E-state index contributed by atoms with van der Waals surface area (Å²) in [6.45, 7) is 23.5. The van der Waals surface area contributed by atoms with Crippen molar-refractivity contribution in [1.82, 2.24) is 48.8 Å². The first kappa shape index (κ1) is 43.3. The van der Waals surface area contributed by atoms with Gasteiger partial charge in [0.25, 0.3) is 0 Å². The molecule has 0 bridgehead atoms. The van der Waals surface area contributed by atoms with Crippen molar-refractivity contribution in [1.29, 1.82) is 0 Å². The number of benzene rings is 2. The Balaban J connectivity index is 0.000000133. The fraction of sp³-hybridized carbons (Fsp3) is 0.348. The topological polar surface area (TPSA) is 139 Å². The number of nitrogens with zero attached hydrogens (tertiary/aromatic N) is 10. The van der Waals surface area contributed by atoms with Gasteiger partial charge in [0.2, 0.25) is 0 Å². The SMILES string of the molecule is Brc1cccn2nccc12.Cc1cc(-c2cccn3nccc23)c(F)c2c1NC(C)(C)c1nnc(C)n1-2.Cc1cc(B2OC(C)(C)C(C)(C)O2)c(F)c2c1NC(C)(C)c1nnc(C)n1-2. The van der Waals surface area contributed by atoms with Crippen LogP contribution in [0.5, 0.6) is 0 Å². The fourth-order valence-corrected chi connectivity index (χ4v) is 9.02. The summed E-state index contributed by atoms with van der Waals surface area (Å²) in [4.78, 5) is 0.